The fourth-order valence-electron chi connectivity index (χ4n) is 3.68. The first-order valence-electron chi connectivity index (χ1n) is 11.5. The average molecular weight is 485 g/mol. The van der Waals surface area contributed by atoms with Gasteiger partial charge in [0, 0.05) is 11.8 Å². The molecule has 6 nitrogen and oxygen atoms in total. The minimum atomic E-state index is -3.77. The molecule has 2 heterocycles. The van der Waals surface area contributed by atoms with Crippen molar-refractivity contribution in [3.8, 4) is 0 Å². The van der Waals surface area contributed by atoms with Crippen LogP contribution in [0.15, 0.2) is 107 Å². The number of aliphatic imine (C=N–C) groups is 1. The van der Waals surface area contributed by atoms with Crippen molar-refractivity contribution in [3.63, 3.8) is 0 Å². The molecule has 0 aliphatic heterocycles. The van der Waals surface area contributed by atoms with Crippen molar-refractivity contribution in [3.05, 3.63) is 114 Å². The monoisotopic (exact) mass is 484 g/mol. The van der Waals surface area contributed by atoms with Crippen molar-refractivity contribution >= 4 is 26.9 Å². The molecule has 0 aliphatic carbocycles. The van der Waals surface area contributed by atoms with Gasteiger partial charge in [0.15, 0.2) is 5.65 Å². The van der Waals surface area contributed by atoms with Gasteiger partial charge in [-0.25, -0.2) is 22.4 Å². The summed E-state index contributed by atoms with van der Waals surface area (Å²) in [5.74, 6) is 0. The van der Waals surface area contributed by atoms with Gasteiger partial charge in [0.25, 0.3) is 10.0 Å². The van der Waals surface area contributed by atoms with Crippen LogP contribution in [-0.4, -0.2) is 28.1 Å². The van der Waals surface area contributed by atoms with E-state index in [2.05, 4.69) is 29.0 Å². The van der Waals surface area contributed by atoms with Gasteiger partial charge in [-0.1, -0.05) is 73.2 Å². The molecule has 4 aromatic rings. The molecule has 2 aromatic carbocycles. The molecular formula is C28H28N4O2S. The van der Waals surface area contributed by atoms with Gasteiger partial charge in [-0.2, -0.15) is 0 Å². The topological polar surface area (TPSA) is 77.2 Å². The second kappa shape index (κ2) is 10.6. The van der Waals surface area contributed by atoms with Crippen LogP contribution in [-0.2, 0) is 16.6 Å². The minimum absolute atomic E-state index is 0.211. The molecule has 0 aliphatic rings. The van der Waals surface area contributed by atoms with Gasteiger partial charge >= 0.3 is 0 Å². The molecule has 0 spiro atoms. The molecule has 178 valence electrons. The Morgan fingerprint density at radius 3 is 2.49 bits per heavy atom. The van der Waals surface area contributed by atoms with E-state index in [1.165, 1.54) is 10.2 Å². The van der Waals surface area contributed by atoms with Crippen LogP contribution >= 0.6 is 0 Å². The zero-order valence-electron chi connectivity index (χ0n) is 20.1. The molecule has 2 aromatic heterocycles. The number of nitrogens with zero attached hydrogens (tertiary/aromatic N) is 4. The van der Waals surface area contributed by atoms with E-state index in [1.807, 2.05) is 50.3 Å². The summed E-state index contributed by atoms with van der Waals surface area (Å²) in [7, 11) is -3.77. The van der Waals surface area contributed by atoms with Crippen LogP contribution in [0.5, 0.6) is 0 Å². The number of aryl methyl sites for hydroxylation is 1. The fourth-order valence-corrected chi connectivity index (χ4v) is 4.98. The van der Waals surface area contributed by atoms with Gasteiger partial charge < -0.3 is 0 Å². The number of rotatable bonds is 8. The van der Waals surface area contributed by atoms with Crippen LogP contribution < -0.4 is 0 Å². The van der Waals surface area contributed by atoms with Gasteiger partial charge in [-0.3, -0.25) is 4.99 Å². The molecule has 0 N–H and O–H groups in total. The zero-order chi connectivity index (χ0) is 24.8. The van der Waals surface area contributed by atoms with E-state index in [0.29, 0.717) is 23.4 Å². The van der Waals surface area contributed by atoms with Gasteiger partial charge in [0.1, 0.15) is 5.52 Å². The molecule has 0 radical (unpaired) electrons. The maximum Gasteiger partial charge on any atom is 0.269 e. The highest BCUT2D eigenvalue weighted by Crippen LogP contribution is 2.21. The lowest BCUT2D eigenvalue weighted by Gasteiger charge is -2.09. The first-order valence-corrected chi connectivity index (χ1v) is 13.0. The summed E-state index contributed by atoms with van der Waals surface area (Å²) < 4.78 is 27.4. The number of hydrogen-bond acceptors (Lipinski definition) is 5. The Balaban J connectivity index is 1.68. The lowest BCUT2D eigenvalue weighted by molar-refractivity contribution is 0.588. The Hall–Kier alpha value is -3.84. The maximum atomic E-state index is 13.1. The lowest BCUT2D eigenvalue weighted by atomic mass is 10.0. The first kappa shape index (κ1) is 24.3. The van der Waals surface area contributed by atoms with E-state index in [0.717, 1.165) is 28.8 Å². The van der Waals surface area contributed by atoms with Crippen LogP contribution in [0.3, 0.4) is 0 Å². The van der Waals surface area contributed by atoms with E-state index in [4.69, 9.17) is 4.99 Å². The summed E-state index contributed by atoms with van der Waals surface area (Å²) in [4.78, 5) is 14.2. The predicted molar refractivity (Wildman–Crippen MR) is 141 cm³/mol. The summed E-state index contributed by atoms with van der Waals surface area (Å²) in [5.41, 5.74) is 5.37. The minimum Gasteiger partial charge on any atom is -0.278 e. The molecule has 35 heavy (non-hydrogen) atoms. The number of aromatic nitrogens is 3. The fraction of sp³-hybridized carbons (Fsp3) is 0.179. The molecule has 0 saturated heterocycles. The maximum absolute atomic E-state index is 13.1. The smallest absolute Gasteiger partial charge is 0.269 e. The molecule has 0 amide bonds. The molecule has 0 saturated carbocycles. The Morgan fingerprint density at radius 2 is 1.80 bits per heavy atom. The predicted octanol–water partition coefficient (Wildman–Crippen LogP) is 5.88. The standard InChI is InChI=1S/C28H28N4O2S/c1-4-6-10-22(5-2)27(23-11-8-7-9-12-23)29-19-24-20-30-28-26(31-24)17-18-32(28)35(33,34)25-15-13-21(3)14-16-25/h5-18,20H,4,19H2,1-3H3. The highest BCUT2D eigenvalue weighted by atomic mass is 32.2. The second-order valence-corrected chi connectivity index (χ2v) is 9.90. The Kier molecular flexibility index (Phi) is 7.36. The number of allylic oxidation sites excluding steroid dienone is 4. The van der Waals surface area contributed by atoms with E-state index >= 15 is 0 Å². The molecule has 0 atom stereocenters. The highest BCUT2D eigenvalue weighted by Gasteiger charge is 2.20. The largest absolute Gasteiger partial charge is 0.278 e. The summed E-state index contributed by atoms with van der Waals surface area (Å²) >= 11 is 0. The molecule has 0 bridgehead atoms. The van der Waals surface area contributed by atoms with Crippen LogP contribution in [0.4, 0.5) is 0 Å². The van der Waals surface area contributed by atoms with E-state index in [-0.39, 0.29) is 4.90 Å². The normalized spacial score (nSPS) is 13.1. The highest BCUT2D eigenvalue weighted by molar-refractivity contribution is 7.90. The molecule has 4 rings (SSSR count). The van der Waals surface area contributed by atoms with Gasteiger partial charge in [0.05, 0.1) is 29.0 Å². The van der Waals surface area contributed by atoms with Crippen LogP contribution in [0.1, 0.15) is 37.1 Å². The van der Waals surface area contributed by atoms with Crippen molar-refractivity contribution in [1.82, 2.24) is 13.9 Å². The first-order chi connectivity index (χ1) is 16.9. The Labute approximate surface area is 206 Å². The molecule has 0 fully saturated rings. The van der Waals surface area contributed by atoms with Crippen molar-refractivity contribution < 1.29 is 8.42 Å². The number of hydrogen-bond donors (Lipinski definition) is 0. The SMILES string of the molecule is CC=C(C=CCC)C(=NCc1cnc2c(ccn2S(=O)(=O)c2ccc(C)cc2)n1)c1ccccc1. The van der Waals surface area contributed by atoms with E-state index in [9.17, 15) is 8.42 Å². The third kappa shape index (κ3) is 5.30. The third-order valence-electron chi connectivity index (χ3n) is 5.55. The van der Waals surface area contributed by atoms with Gasteiger partial charge in [0.2, 0.25) is 0 Å². The number of fused-ring (bicyclic) bond motifs is 1. The van der Waals surface area contributed by atoms with Gasteiger partial charge in [-0.15, -0.1) is 0 Å². The lowest BCUT2D eigenvalue weighted by Crippen LogP contribution is -2.12. The van der Waals surface area contributed by atoms with E-state index < -0.39 is 10.0 Å². The van der Waals surface area contributed by atoms with Crippen LogP contribution in [0.25, 0.3) is 11.2 Å². The van der Waals surface area contributed by atoms with Crippen molar-refractivity contribution in [1.29, 1.82) is 0 Å². The van der Waals surface area contributed by atoms with E-state index in [1.54, 1.807) is 36.5 Å². The third-order valence-corrected chi connectivity index (χ3v) is 7.23. The average Bonchev–Trinajstić information content (AvgIpc) is 3.31. The molecular weight excluding hydrogens is 456 g/mol. The molecule has 0 unspecified atom stereocenters. The Bertz CT molecular complexity index is 1510. The van der Waals surface area contributed by atoms with Crippen LogP contribution in [0, 0.1) is 6.92 Å². The second-order valence-electron chi connectivity index (χ2n) is 8.09. The quantitative estimate of drug-likeness (QED) is 0.231. The Morgan fingerprint density at radius 1 is 1.06 bits per heavy atom. The van der Waals surface area contributed by atoms with Crippen molar-refractivity contribution in [2.45, 2.75) is 38.6 Å². The van der Waals surface area contributed by atoms with Crippen LogP contribution in [0.2, 0.25) is 0 Å². The van der Waals surface area contributed by atoms with Gasteiger partial charge in [-0.05, 0) is 44.0 Å². The summed E-state index contributed by atoms with van der Waals surface area (Å²) in [6.45, 7) is 6.33. The van der Waals surface area contributed by atoms with Crippen molar-refractivity contribution in [2.75, 3.05) is 0 Å². The molecule has 7 heteroatoms. The zero-order valence-corrected chi connectivity index (χ0v) is 20.9. The summed E-state index contributed by atoms with van der Waals surface area (Å²) in [6, 6.07) is 18.5. The summed E-state index contributed by atoms with van der Waals surface area (Å²) in [5, 5.41) is 0. The number of benzene rings is 2. The summed E-state index contributed by atoms with van der Waals surface area (Å²) in [6.07, 6.45) is 10.3. The van der Waals surface area contributed by atoms with Crippen molar-refractivity contribution in [2.24, 2.45) is 4.99 Å².